The van der Waals surface area contributed by atoms with Crippen molar-refractivity contribution in [3.8, 4) is 0 Å². The fourth-order valence-corrected chi connectivity index (χ4v) is 4.30. The van der Waals surface area contributed by atoms with Crippen molar-refractivity contribution < 1.29 is 13.2 Å². The maximum absolute atomic E-state index is 12.4. The number of nitrogens with zero attached hydrogens (tertiary/aromatic N) is 3. The molecule has 2 aromatic rings. The van der Waals surface area contributed by atoms with Crippen LogP contribution in [0.4, 0.5) is 11.5 Å². The quantitative estimate of drug-likeness (QED) is 0.798. The molecule has 0 saturated carbocycles. The summed E-state index contributed by atoms with van der Waals surface area (Å²) in [6.45, 7) is 11.4. The molecule has 1 aliphatic rings. The molecule has 1 aliphatic heterocycles. The minimum absolute atomic E-state index is 0.0931. The molecule has 1 saturated heterocycles. The molecule has 0 aromatic carbocycles. The van der Waals surface area contributed by atoms with Crippen molar-refractivity contribution in [2.45, 2.75) is 63.1 Å². The lowest BCUT2D eigenvalue weighted by atomic mass is 10.2. The molecule has 2 unspecified atom stereocenters. The first-order valence-electron chi connectivity index (χ1n) is 9.86. The van der Waals surface area contributed by atoms with E-state index in [1.165, 1.54) is 0 Å². The predicted octanol–water partition coefficient (Wildman–Crippen LogP) is 3.27. The fraction of sp³-hybridized carbons (Fsp3) is 0.524. The lowest BCUT2D eigenvalue weighted by molar-refractivity contribution is -0.00545. The summed E-state index contributed by atoms with van der Waals surface area (Å²) in [4.78, 5) is 11.0. The van der Waals surface area contributed by atoms with Gasteiger partial charge >= 0.3 is 0 Å². The Morgan fingerprint density at radius 2 is 1.76 bits per heavy atom. The normalized spacial score (nSPS) is 20.5. The Kier molecular flexibility index (Phi) is 6.14. The Labute approximate surface area is 173 Å². The third-order valence-corrected chi connectivity index (χ3v) is 7.27. The van der Waals surface area contributed by atoms with E-state index in [0.717, 1.165) is 30.2 Å². The van der Waals surface area contributed by atoms with Crippen LogP contribution in [0.1, 0.15) is 40.2 Å². The number of pyridine rings is 2. The van der Waals surface area contributed by atoms with Gasteiger partial charge in [-0.15, -0.1) is 0 Å². The number of hydrogen-bond acceptors (Lipinski definition) is 7. The Bertz CT molecular complexity index is 912. The van der Waals surface area contributed by atoms with Crippen molar-refractivity contribution in [3.63, 3.8) is 0 Å². The van der Waals surface area contributed by atoms with E-state index in [2.05, 4.69) is 34.0 Å². The Hall–Kier alpha value is -2.19. The Morgan fingerprint density at radius 1 is 1.07 bits per heavy atom. The van der Waals surface area contributed by atoms with Crippen LogP contribution in [0.15, 0.2) is 41.7 Å². The van der Waals surface area contributed by atoms with Crippen LogP contribution < -0.4 is 10.2 Å². The average molecular weight is 419 g/mol. The number of aromatic nitrogens is 2. The van der Waals surface area contributed by atoms with E-state index < -0.39 is 14.6 Å². The number of ether oxygens (including phenoxy) is 1. The highest BCUT2D eigenvalue weighted by Crippen LogP contribution is 2.24. The minimum Gasteiger partial charge on any atom is -0.380 e. The van der Waals surface area contributed by atoms with Crippen molar-refractivity contribution in [2.75, 3.05) is 23.3 Å². The van der Waals surface area contributed by atoms with Crippen LogP contribution in [-0.2, 0) is 21.1 Å². The van der Waals surface area contributed by atoms with Crippen LogP contribution in [0.25, 0.3) is 0 Å². The second kappa shape index (κ2) is 8.28. The van der Waals surface area contributed by atoms with Gasteiger partial charge in [0.15, 0.2) is 14.9 Å². The molecule has 3 rings (SSSR count). The summed E-state index contributed by atoms with van der Waals surface area (Å²) in [5, 5.41) is 3.35. The van der Waals surface area contributed by atoms with E-state index in [1.807, 2.05) is 18.3 Å². The van der Waals surface area contributed by atoms with Gasteiger partial charge in [0.1, 0.15) is 5.82 Å². The summed E-state index contributed by atoms with van der Waals surface area (Å²) in [6, 6.07) is 7.36. The van der Waals surface area contributed by atoms with E-state index in [0.29, 0.717) is 6.54 Å². The van der Waals surface area contributed by atoms with Crippen molar-refractivity contribution >= 4 is 21.3 Å². The first-order valence-corrected chi connectivity index (χ1v) is 11.3. The van der Waals surface area contributed by atoms with Crippen LogP contribution >= 0.6 is 0 Å². The molecule has 0 spiro atoms. The fourth-order valence-electron chi connectivity index (χ4n) is 3.23. The number of nitrogens with one attached hydrogen (secondary N) is 1. The van der Waals surface area contributed by atoms with E-state index in [9.17, 15) is 8.42 Å². The molecule has 0 bridgehead atoms. The van der Waals surface area contributed by atoms with Crippen molar-refractivity contribution in [1.29, 1.82) is 0 Å². The highest BCUT2D eigenvalue weighted by atomic mass is 32.2. The summed E-state index contributed by atoms with van der Waals surface area (Å²) in [7, 11) is -3.45. The predicted molar refractivity (Wildman–Crippen MR) is 115 cm³/mol. The lowest BCUT2D eigenvalue weighted by Gasteiger charge is -2.36. The second-order valence-corrected chi connectivity index (χ2v) is 11.2. The zero-order valence-corrected chi connectivity index (χ0v) is 18.5. The largest absolute Gasteiger partial charge is 0.380 e. The second-order valence-electron chi connectivity index (χ2n) is 8.54. The molecule has 7 nitrogen and oxygen atoms in total. The van der Waals surface area contributed by atoms with Crippen LogP contribution in [0.5, 0.6) is 0 Å². The van der Waals surface area contributed by atoms with Crippen LogP contribution in [-0.4, -0.2) is 48.4 Å². The van der Waals surface area contributed by atoms with Gasteiger partial charge in [-0.25, -0.2) is 18.4 Å². The molecule has 158 valence electrons. The number of rotatable bonds is 5. The molecular formula is C21H30N4O3S. The first kappa shape index (κ1) is 21.5. The summed E-state index contributed by atoms with van der Waals surface area (Å²) in [5.74, 6) is 0.953. The minimum atomic E-state index is -3.45. The van der Waals surface area contributed by atoms with Gasteiger partial charge in [-0.3, -0.25) is 0 Å². The van der Waals surface area contributed by atoms with Gasteiger partial charge in [-0.05, 0) is 58.4 Å². The SMILES string of the molecule is CC1CN(c2ccc(CNc3ccc(S(=O)(=O)C(C)(C)C)nc3)cn2)CC(C)O1. The van der Waals surface area contributed by atoms with Crippen LogP contribution in [0, 0.1) is 0 Å². The summed E-state index contributed by atoms with van der Waals surface area (Å²) in [6.07, 6.45) is 3.80. The van der Waals surface area contributed by atoms with Crippen molar-refractivity contribution in [3.05, 3.63) is 42.2 Å². The molecule has 2 aromatic heterocycles. The summed E-state index contributed by atoms with van der Waals surface area (Å²) in [5.41, 5.74) is 1.80. The number of hydrogen-bond donors (Lipinski definition) is 1. The monoisotopic (exact) mass is 418 g/mol. The smallest absolute Gasteiger partial charge is 0.200 e. The maximum Gasteiger partial charge on any atom is 0.200 e. The number of anilines is 2. The Morgan fingerprint density at radius 3 is 2.28 bits per heavy atom. The van der Waals surface area contributed by atoms with E-state index in [1.54, 1.807) is 39.1 Å². The van der Waals surface area contributed by atoms with Gasteiger partial charge in [-0.1, -0.05) is 6.07 Å². The van der Waals surface area contributed by atoms with Gasteiger partial charge in [-0.2, -0.15) is 0 Å². The number of morpholine rings is 1. The van der Waals surface area contributed by atoms with Crippen molar-refractivity contribution in [1.82, 2.24) is 9.97 Å². The molecule has 0 aliphatic carbocycles. The van der Waals surface area contributed by atoms with Gasteiger partial charge in [0.2, 0.25) is 0 Å². The van der Waals surface area contributed by atoms with Gasteiger partial charge < -0.3 is 15.0 Å². The molecule has 1 N–H and O–H groups in total. The van der Waals surface area contributed by atoms with E-state index >= 15 is 0 Å². The summed E-state index contributed by atoms with van der Waals surface area (Å²) < 4.78 is 29.8. The van der Waals surface area contributed by atoms with E-state index in [-0.39, 0.29) is 17.2 Å². The molecule has 3 heterocycles. The van der Waals surface area contributed by atoms with Gasteiger partial charge in [0.25, 0.3) is 0 Å². The molecule has 0 radical (unpaired) electrons. The molecule has 2 atom stereocenters. The van der Waals surface area contributed by atoms with Gasteiger partial charge in [0, 0.05) is 25.8 Å². The van der Waals surface area contributed by atoms with Crippen LogP contribution in [0.3, 0.4) is 0 Å². The molecule has 8 heteroatoms. The first-order chi connectivity index (χ1) is 13.6. The summed E-state index contributed by atoms with van der Waals surface area (Å²) >= 11 is 0. The van der Waals surface area contributed by atoms with Crippen LogP contribution in [0.2, 0.25) is 0 Å². The third-order valence-electron chi connectivity index (χ3n) is 4.87. The molecular weight excluding hydrogens is 388 g/mol. The maximum atomic E-state index is 12.4. The van der Waals surface area contributed by atoms with E-state index in [4.69, 9.17) is 4.74 Å². The Balaban J connectivity index is 1.60. The average Bonchev–Trinajstić information content (AvgIpc) is 2.65. The highest BCUT2D eigenvalue weighted by Gasteiger charge is 2.31. The highest BCUT2D eigenvalue weighted by molar-refractivity contribution is 7.92. The molecule has 0 amide bonds. The molecule has 29 heavy (non-hydrogen) atoms. The third kappa shape index (κ3) is 5.05. The topological polar surface area (TPSA) is 84.4 Å². The zero-order chi connectivity index (χ0) is 21.2. The standard InChI is InChI=1S/C21H30N4O3S/c1-15-13-25(14-16(2)28-15)19-8-6-17(11-23-19)10-22-18-7-9-20(24-12-18)29(26,27)21(3,4)5/h6-9,11-12,15-16,22H,10,13-14H2,1-5H3. The lowest BCUT2D eigenvalue weighted by Crippen LogP contribution is -2.45. The molecule has 1 fully saturated rings. The van der Waals surface area contributed by atoms with Crippen molar-refractivity contribution in [2.24, 2.45) is 0 Å². The number of sulfone groups is 1. The van der Waals surface area contributed by atoms with Gasteiger partial charge in [0.05, 0.1) is 28.8 Å². The zero-order valence-electron chi connectivity index (χ0n) is 17.7.